The molecule has 1 heterocycles. The second-order valence-electron chi connectivity index (χ2n) is 5.89. The van der Waals surface area contributed by atoms with Gasteiger partial charge in [0, 0.05) is 28.1 Å². The quantitative estimate of drug-likeness (QED) is 0.233. The molecule has 9 nitrogen and oxygen atoms in total. The second-order valence-corrected chi connectivity index (χ2v) is 7.60. The third kappa shape index (κ3) is 6.64. The van der Waals surface area contributed by atoms with E-state index in [0.29, 0.717) is 45.4 Å². The van der Waals surface area contributed by atoms with Crippen molar-refractivity contribution in [3.05, 3.63) is 35.7 Å². The van der Waals surface area contributed by atoms with Gasteiger partial charge in [0.1, 0.15) is 19.3 Å². The maximum atomic E-state index is 11.3. The Balaban J connectivity index is 0.00000256. The van der Waals surface area contributed by atoms with Crippen LogP contribution < -0.4 is 92.4 Å². The Morgan fingerprint density at radius 1 is 0.844 bits per heavy atom. The van der Waals surface area contributed by atoms with E-state index in [4.69, 9.17) is 18.9 Å². The van der Waals surface area contributed by atoms with E-state index in [9.17, 15) is 14.4 Å². The minimum absolute atomic E-state index is 0. The van der Waals surface area contributed by atoms with Crippen LogP contribution in [0.4, 0.5) is 0 Å². The molecule has 0 radical (unpaired) electrons. The van der Waals surface area contributed by atoms with Crippen LogP contribution in [0.1, 0.15) is 0 Å². The monoisotopic (exact) mass is 497 g/mol. The van der Waals surface area contributed by atoms with E-state index in [1.165, 1.54) is 34.5 Å². The van der Waals surface area contributed by atoms with Crippen molar-refractivity contribution in [1.29, 1.82) is 0 Å². The SMILES string of the molecule is COc1ccc(-c2csnc2-c2cc(OC)c(OC)c(OC)c2)c(OP(=O)([O-])[O-])c1.[Na+].[Na+]. The van der Waals surface area contributed by atoms with Crippen LogP contribution in [0.5, 0.6) is 28.7 Å². The van der Waals surface area contributed by atoms with Crippen LogP contribution in [0.3, 0.4) is 0 Å². The summed E-state index contributed by atoms with van der Waals surface area (Å²) in [5.74, 6) is 1.46. The Morgan fingerprint density at radius 3 is 1.97 bits per heavy atom. The molecule has 3 aromatic rings. The van der Waals surface area contributed by atoms with Crippen molar-refractivity contribution in [2.45, 2.75) is 0 Å². The maximum absolute atomic E-state index is 11.3. The zero-order valence-corrected chi connectivity index (χ0v) is 24.2. The van der Waals surface area contributed by atoms with Gasteiger partial charge in [-0.05, 0) is 35.8 Å². The molecule has 0 atom stereocenters. The van der Waals surface area contributed by atoms with E-state index in [-0.39, 0.29) is 64.9 Å². The Morgan fingerprint density at radius 2 is 1.47 bits per heavy atom. The van der Waals surface area contributed by atoms with E-state index >= 15 is 0 Å². The van der Waals surface area contributed by atoms with Gasteiger partial charge in [-0.15, -0.1) is 0 Å². The smallest absolute Gasteiger partial charge is 0.780 e. The Kier molecular flexibility index (Phi) is 11.5. The van der Waals surface area contributed by atoms with Crippen molar-refractivity contribution in [3.8, 4) is 51.1 Å². The van der Waals surface area contributed by atoms with Gasteiger partial charge in [-0.1, -0.05) is 0 Å². The van der Waals surface area contributed by atoms with Gasteiger partial charge in [0.15, 0.2) is 11.5 Å². The Hall–Kier alpha value is -0.780. The molecule has 0 unspecified atom stereocenters. The number of rotatable bonds is 8. The van der Waals surface area contributed by atoms with E-state index in [1.807, 2.05) is 0 Å². The van der Waals surface area contributed by atoms with Gasteiger partial charge in [-0.3, -0.25) is 0 Å². The van der Waals surface area contributed by atoms with Crippen molar-refractivity contribution in [3.63, 3.8) is 0 Å². The van der Waals surface area contributed by atoms with Crippen LogP contribution in [0, 0.1) is 0 Å². The summed E-state index contributed by atoms with van der Waals surface area (Å²) >= 11 is 1.15. The summed E-state index contributed by atoms with van der Waals surface area (Å²) in [6.45, 7) is 0. The molecule has 0 aliphatic rings. The molecule has 0 aliphatic carbocycles. The topological polar surface area (TPSA) is 122 Å². The molecule has 0 saturated carbocycles. The van der Waals surface area contributed by atoms with E-state index < -0.39 is 7.82 Å². The van der Waals surface area contributed by atoms with E-state index in [1.54, 1.807) is 29.6 Å². The van der Waals surface area contributed by atoms with E-state index in [2.05, 4.69) is 8.90 Å². The maximum Gasteiger partial charge on any atom is 1.00 e. The van der Waals surface area contributed by atoms with Crippen LogP contribution in [-0.4, -0.2) is 32.8 Å². The van der Waals surface area contributed by atoms with Gasteiger partial charge >= 0.3 is 59.1 Å². The number of benzene rings is 2. The normalized spacial score (nSPS) is 10.4. The zero-order chi connectivity index (χ0) is 21.9. The molecule has 32 heavy (non-hydrogen) atoms. The fourth-order valence-electron chi connectivity index (χ4n) is 2.90. The molecular weight excluding hydrogens is 479 g/mol. The molecule has 3 rings (SSSR count). The van der Waals surface area contributed by atoms with Crippen LogP contribution in [-0.2, 0) is 4.57 Å². The molecule has 0 saturated heterocycles. The number of aromatic nitrogens is 1. The molecule has 13 heteroatoms. The van der Waals surface area contributed by atoms with Gasteiger partial charge in [-0.2, -0.15) is 4.37 Å². The number of hydrogen-bond donors (Lipinski definition) is 0. The first-order valence-electron chi connectivity index (χ1n) is 8.46. The zero-order valence-electron chi connectivity index (χ0n) is 18.5. The van der Waals surface area contributed by atoms with Gasteiger partial charge in [-0.25, -0.2) is 0 Å². The summed E-state index contributed by atoms with van der Waals surface area (Å²) in [5, 5.41) is 1.72. The molecule has 1 aromatic heterocycles. The second kappa shape index (κ2) is 12.6. The average molecular weight is 497 g/mol. The van der Waals surface area contributed by atoms with Crippen molar-refractivity contribution >= 4 is 19.4 Å². The van der Waals surface area contributed by atoms with Crippen molar-refractivity contribution in [2.75, 3.05) is 28.4 Å². The third-order valence-corrected chi connectivity index (χ3v) is 5.25. The Labute approximate surface area is 234 Å². The number of phosphoric ester groups is 1. The van der Waals surface area contributed by atoms with Crippen LogP contribution in [0.25, 0.3) is 22.4 Å². The van der Waals surface area contributed by atoms with Crippen LogP contribution in [0.2, 0.25) is 0 Å². The van der Waals surface area contributed by atoms with Gasteiger partial charge < -0.3 is 37.8 Å². The number of ether oxygens (including phenoxy) is 4. The first-order chi connectivity index (χ1) is 14.3. The fraction of sp³-hybridized carbons (Fsp3) is 0.211. The predicted molar refractivity (Wildman–Crippen MR) is 107 cm³/mol. The first kappa shape index (κ1) is 29.3. The molecule has 2 aromatic carbocycles. The molecule has 0 amide bonds. The summed E-state index contributed by atoms with van der Waals surface area (Å²) in [4.78, 5) is 22.5. The summed E-state index contributed by atoms with van der Waals surface area (Å²) < 4.78 is 41.6. The number of methoxy groups -OCH3 is 4. The number of phosphoric acid groups is 1. The summed E-state index contributed by atoms with van der Waals surface area (Å²) in [7, 11) is 0.614. The van der Waals surface area contributed by atoms with E-state index in [0.717, 1.165) is 11.5 Å². The van der Waals surface area contributed by atoms with Crippen LogP contribution >= 0.6 is 19.4 Å². The third-order valence-electron chi connectivity index (χ3n) is 4.20. The van der Waals surface area contributed by atoms with Gasteiger partial charge in [0.05, 0.1) is 34.1 Å². The fourth-order valence-corrected chi connectivity index (χ4v) is 4.00. The minimum atomic E-state index is -5.30. The van der Waals surface area contributed by atoms with Crippen molar-refractivity contribution in [2.24, 2.45) is 0 Å². The summed E-state index contributed by atoms with van der Waals surface area (Å²) in [6, 6.07) is 7.98. The molecule has 0 aliphatic heterocycles. The first-order valence-corrected chi connectivity index (χ1v) is 10.8. The summed E-state index contributed by atoms with van der Waals surface area (Å²) in [5.41, 5.74) is 2.07. The van der Waals surface area contributed by atoms with Crippen LogP contribution in [0.15, 0.2) is 35.7 Å². The standard InChI is InChI=1S/C19H20NO8PS.2Na/c1-24-12-5-6-13(15(9-12)28-29(21,22)23)14-10-30-20-18(14)11-7-16(25-2)19(27-4)17(8-11)26-3;;/h5-10H,1-4H3,(H2,21,22,23);;/q;2*+1/p-2. The number of nitrogens with zero attached hydrogens (tertiary/aromatic N) is 1. The van der Waals surface area contributed by atoms with Crippen molar-refractivity contribution < 1.29 is 96.9 Å². The minimum Gasteiger partial charge on any atom is -0.780 e. The molecular formula is C19H18NNa2O8PS. The molecule has 0 bridgehead atoms. The van der Waals surface area contributed by atoms with Crippen molar-refractivity contribution in [1.82, 2.24) is 4.37 Å². The Bertz CT molecular complexity index is 1080. The number of hydrogen-bond acceptors (Lipinski definition) is 10. The molecule has 0 fully saturated rings. The molecule has 0 N–H and O–H groups in total. The largest absolute Gasteiger partial charge is 1.00 e. The predicted octanol–water partition coefficient (Wildman–Crippen LogP) is -3.27. The molecule has 160 valence electrons. The molecule has 0 spiro atoms. The van der Waals surface area contributed by atoms with Gasteiger partial charge in [0.2, 0.25) is 5.75 Å². The average Bonchev–Trinajstić information content (AvgIpc) is 3.20. The van der Waals surface area contributed by atoms with Gasteiger partial charge in [0.25, 0.3) is 0 Å². The summed E-state index contributed by atoms with van der Waals surface area (Å²) in [6.07, 6.45) is 0.